The number of phenolic OH excluding ortho intramolecular Hbond substituents is 1. The fraction of sp³-hybridized carbons (Fsp3) is 0.250. The van der Waals surface area contributed by atoms with Gasteiger partial charge in [-0.25, -0.2) is 0 Å². The van der Waals surface area contributed by atoms with E-state index in [1.807, 2.05) is 12.1 Å². The summed E-state index contributed by atoms with van der Waals surface area (Å²) < 4.78 is 0. The van der Waals surface area contributed by atoms with Crippen molar-refractivity contribution in [2.75, 3.05) is 5.32 Å². The van der Waals surface area contributed by atoms with Gasteiger partial charge in [0, 0.05) is 11.8 Å². The van der Waals surface area contributed by atoms with Crippen molar-refractivity contribution in [2.24, 2.45) is 0 Å². The van der Waals surface area contributed by atoms with E-state index in [0.717, 1.165) is 12.1 Å². The molecule has 0 saturated heterocycles. The summed E-state index contributed by atoms with van der Waals surface area (Å²) >= 11 is 0. The molecule has 0 aliphatic rings. The third kappa shape index (κ3) is 3.04. The van der Waals surface area contributed by atoms with Crippen LogP contribution in [0.1, 0.15) is 30.5 Å². The van der Waals surface area contributed by atoms with Gasteiger partial charge in [0.2, 0.25) is 0 Å². The summed E-state index contributed by atoms with van der Waals surface area (Å²) in [6.07, 6.45) is 0.999. The first-order valence-electron chi connectivity index (χ1n) is 6.31. The molecular weight excluding hydrogens is 222 g/mol. The van der Waals surface area contributed by atoms with Crippen molar-refractivity contribution < 1.29 is 5.11 Å². The first-order valence-corrected chi connectivity index (χ1v) is 6.31. The Bertz CT molecular complexity index is 505. The minimum Gasteiger partial charge on any atom is -0.508 e. The molecule has 0 fully saturated rings. The largest absolute Gasteiger partial charge is 0.508 e. The Balaban J connectivity index is 2.17. The van der Waals surface area contributed by atoms with E-state index in [2.05, 4.69) is 43.4 Å². The van der Waals surface area contributed by atoms with E-state index in [1.165, 1.54) is 11.1 Å². The summed E-state index contributed by atoms with van der Waals surface area (Å²) in [5.74, 6) is 0.291. The second-order valence-electron chi connectivity index (χ2n) is 4.57. The molecule has 0 spiro atoms. The molecule has 2 heteroatoms. The van der Waals surface area contributed by atoms with Crippen LogP contribution >= 0.6 is 0 Å². The zero-order valence-electron chi connectivity index (χ0n) is 10.9. The van der Waals surface area contributed by atoms with Gasteiger partial charge in [-0.3, -0.25) is 0 Å². The molecule has 0 aromatic heterocycles. The van der Waals surface area contributed by atoms with Crippen LogP contribution in [-0.2, 0) is 0 Å². The minimum atomic E-state index is 0.271. The summed E-state index contributed by atoms with van der Waals surface area (Å²) in [5.41, 5.74) is 3.49. The lowest BCUT2D eigenvalue weighted by Crippen LogP contribution is -2.09. The highest BCUT2D eigenvalue weighted by Gasteiger charge is 2.08. The Kier molecular flexibility index (Phi) is 3.88. The third-order valence-electron chi connectivity index (χ3n) is 3.08. The molecule has 0 saturated carbocycles. The van der Waals surface area contributed by atoms with Gasteiger partial charge in [-0.15, -0.1) is 0 Å². The first kappa shape index (κ1) is 12.5. The molecule has 0 amide bonds. The van der Waals surface area contributed by atoms with E-state index < -0.39 is 0 Å². The molecule has 1 unspecified atom stereocenters. The Morgan fingerprint density at radius 3 is 2.44 bits per heavy atom. The number of rotatable bonds is 4. The smallest absolute Gasteiger partial charge is 0.117 e. The highest BCUT2D eigenvalue weighted by molar-refractivity contribution is 5.49. The first-order chi connectivity index (χ1) is 8.69. The highest BCUT2D eigenvalue weighted by Crippen LogP contribution is 2.24. The normalized spacial score (nSPS) is 12.1. The average Bonchev–Trinajstić information content (AvgIpc) is 2.37. The van der Waals surface area contributed by atoms with Crippen LogP contribution in [0.3, 0.4) is 0 Å². The van der Waals surface area contributed by atoms with Crippen molar-refractivity contribution >= 4 is 5.69 Å². The number of benzene rings is 2. The number of anilines is 1. The number of aromatic hydroxyl groups is 1. The second-order valence-corrected chi connectivity index (χ2v) is 4.57. The molecule has 2 N–H and O–H groups in total. The van der Waals surface area contributed by atoms with Gasteiger partial charge < -0.3 is 10.4 Å². The van der Waals surface area contributed by atoms with Crippen molar-refractivity contribution in [3.63, 3.8) is 0 Å². The quantitative estimate of drug-likeness (QED) is 0.838. The molecule has 0 aliphatic heterocycles. The topological polar surface area (TPSA) is 32.3 Å². The van der Waals surface area contributed by atoms with Crippen LogP contribution in [0.25, 0.3) is 0 Å². The van der Waals surface area contributed by atoms with Gasteiger partial charge in [-0.05, 0) is 31.0 Å². The summed E-state index contributed by atoms with van der Waals surface area (Å²) in [4.78, 5) is 0. The summed E-state index contributed by atoms with van der Waals surface area (Å²) in [5, 5.41) is 12.9. The molecule has 18 heavy (non-hydrogen) atoms. The lowest BCUT2D eigenvalue weighted by molar-refractivity contribution is 0.475. The number of aryl methyl sites for hydroxylation is 1. The summed E-state index contributed by atoms with van der Waals surface area (Å²) in [6, 6.07) is 16.1. The molecule has 2 aromatic rings. The Morgan fingerprint density at radius 2 is 1.83 bits per heavy atom. The highest BCUT2D eigenvalue weighted by atomic mass is 16.3. The maximum Gasteiger partial charge on any atom is 0.117 e. The van der Waals surface area contributed by atoms with Gasteiger partial charge >= 0.3 is 0 Å². The molecule has 2 aromatic carbocycles. The Morgan fingerprint density at radius 1 is 1.11 bits per heavy atom. The van der Waals surface area contributed by atoms with E-state index in [4.69, 9.17) is 0 Å². The molecular formula is C16H19NO. The van der Waals surface area contributed by atoms with E-state index in [9.17, 15) is 5.11 Å². The number of hydrogen-bond acceptors (Lipinski definition) is 2. The van der Waals surface area contributed by atoms with E-state index in [-0.39, 0.29) is 6.04 Å². The van der Waals surface area contributed by atoms with Gasteiger partial charge in [0.25, 0.3) is 0 Å². The zero-order valence-corrected chi connectivity index (χ0v) is 10.9. The van der Waals surface area contributed by atoms with E-state index >= 15 is 0 Å². The summed E-state index contributed by atoms with van der Waals surface area (Å²) in [7, 11) is 0. The van der Waals surface area contributed by atoms with Crippen LogP contribution in [-0.4, -0.2) is 5.11 Å². The lowest BCUT2D eigenvalue weighted by atomic mass is 10.0. The third-order valence-corrected chi connectivity index (χ3v) is 3.08. The molecule has 0 bridgehead atoms. The van der Waals surface area contributed by atoms with Crippen LogP contribution in [0, 0.1) is 6.92 Å². The molecule has 0 heterocycles. The molecule has 2 rings (SSSR count). The SMILES string of the molecule is CCC(Nc1cccc(O)c1)c1ccc(C)cc1. The maximum atomic E-state index is 9.47. The van der Waals surface area contributed by atoms with E-state index in [0.29, 0.717) is 5.75 Å². The molecule has 94 valence electrons. The van der Waals surface area contributed by atoms with Crippen LogP contribution in [0.15, 0.2) is 48.5 Å². The molecule has 0 aliphatic carbocycles. The predicted octanol–water partition coefficient (Wildman–Crippen LogP) is 4.26. The molecule has 1 atom stereocenters. The van der Waals surface area contributed by atoms with Crippen LogP contribution in [0.2, 0.25) is 0 Å². The van der Waals surface area contributed by atoms with Crippen molar-refractivity contribution in [3.8, 4) is 5.75 Å². The van der Waals surface area contributed by atoms with Crippen LogP contribution in [0.5, 0.6) is 5.75 Å². The lowest BCUT2D eigenvalue weighted by Gasteiger charge is -2.19. The minimum absolute atomic E-state index is 0.271. The molecule has 2 nitrogen and oxygen atoms in total. The predicted molar refractivity (Wildman–Crippen MR) is 75.9 cm³/mol. The van der Waals surface area contributed by atoms with Gasteiger partial charge in [0.15, 0.2) is 0 Å². The molecule has 0 radical (unpaired) electrons. The summed E-state index contributed by atoms with van der Waals surface area (Å²) in [6.45, 7) is 4.24. The van der Waals surface area contributed by atoms with Crippen molar-refractivity contribution in [1.29, 1.82) is 0 Å². The van der Waals surface area contributed by atoms with Crippen LogP contribution < -0.4 is 5.32 Å². The standard InChI is InChI=1S/C16H19NO/c1-3-16(13-9-7-12(2)8-10-13)17-14-5-4-6-15(18)11-14/h4-11,16-18H,3H2,1-2H3. The van der Waals surface area contributed by atoms with Gasteiger partial charge in [-0.2, -0.15) is 0 Å². The fourth-order valence-corrected chi connectivity index (χ4v) is 2.02. The second kappa shape index (κ2) is 5.58. The van der Waals surface area contributed by atoms with Crippen molar-refractivity contribution in [3.05, 3.63) is 59.7 Å². The number of phenols is 1. The number of hydrogen-bond donors (Lipinski definition) is 2. The monoisotopic (exact) mass is 241 g/mol. The van der Waals surface area contributed by atoms with Crippen molar-refractivity contribution in [2.45, 2.75) is 26.3 Å². The van der Waals surface area contributed by atoms with Gasteiger partial charge in [-0.1, -0.05) is 42.8 Å². The zero-order chi connectivity index (χ0) is 13.0. The maximum absolute atomic E-state index is 9.47. The fourth-order valence-electron chi connectivity index (χ4n) is 2.02. The van der Waals surface area contributed by atoms with E-state index in [1.54, 1.807) is 12.1 Å². The Labute approximate surface area is 108 Å². The van der Waals surface area contributed by atoms with Gasteiger partial charge in [0.05, 0.1) is 6.04 Å². The van der Waals surface area contributed by atoms with Crippen molar-refractivity contribution in [1.82, 2.24) is 0 Å². The number of nitrogens with one attached hydrogen (secondary N) is 1. The average molecular weight is 241 g/mol. The Hall–Kier alpha value is -1.96. The van der Waals surface area contributed by atoms with Gasteiger partial charge in [0.1, 0.15) is 5.75 Å². The van der Waals surface area contributed by atoms with Crippen LogP contribution in [0.4, 0.5) is 5.69 Å².